The van der Waals surface area contributed by atoms with Gasteiger partial charge >= 0.3 is 5.97 Å². The second-order valence-corrected chi connectivity index (χ2v) is 4.57. The van der Waals surface area contributed by atoms with Crippen LogP contribution < -0.4 is 0 Å². The van der Waals surface area contributed by atoms with Gasteiger partial charge in [-0.2, -0.15) is 0 Å². The van der Waals surface area contributed by atoms with Crippen molar-refractivity contribution in [3.63, 3.8) is 0 Å². The van der Waals surface area contributed by atoms with Crippen LogP contribution in [0.15, 0.2) is 0 Å². The first-order valence-electron chi connectivity index (χ1n) is 6.04. The second kappa shape index (κ2) is 8.06. The summed E-state index contributed by atoms with van der Waals surface area (Å²) in [4.78, 5) is 24.0. The highest BCUT2D eigenvalue weighted by atomic mass is 16.4. The fourth-order valence-electron chi connectivity index (χ4n) is 1.64. The van der Waals surface area contributed by atoms with Crippen LogP contribution in [0.25, 0.3) is 0 Å². The first-order valence-corrected chi connectivity index (χ1v) is 6.04. The third-order valence-electron chi connectivity index (χ3n) is 2.59. The van der Waals surface area contributed by atoms with Crippen molar-refractivity contribution in [2.45, 2.75) is 46.1 Å². The molecule has 0 fully saturated rings. The third kappa shape index (κ3) is 6.26. The average Bonchev–Trinajstić information content (AvgIpc) is 2.22. The molecule has 0 aromatic carbocycles. The van der Waals surface area contributed by atoms with Crippen molar-refractivity contribution in [3.8, 4) is 0 Å². The van der Waals surface area contributed by atoms with Crippen LogP contribution in [0, 0.1) is 5.92 Å². The number of aliphatic carboxylic acids is 1. The molecule has 1 atom stereocenters. The van der Waals surface area contributed by atoms with Crippen LogP contribution in [-0.4, -0.2) is 46.2 Å². The van der Waals surface area contributed by atoms with Crippen molar-refractivity contribution in [2.24, 2.45) is 5.92 Å². The van der Waals surface area contributed by atoms with Crippen molar-refractivity contribution in [1.82, 2.24) is 4.90 Å². The standard InChI is InChI=1S/C12H23NO4/c1-4-10(8-14)13(6-5-12(16)17)11(15)7-9(2)3/h9-10,14H,4-8H2,1-3H3,(H,16,17). The number of amides is 1. The lowest BCUT2D eigenvalue weighted by atomic mass is 10.1. The van der Waals surface area contributed by atoms with Gasteiger partial charge in [-0.1, -0.05) is 20.8 Å². The molecule has 0 saturated heterocycles. The molecule has 0 aliphatic heterocycles. The fourth-order valence-corrected chi connectivity index (χ4v) is 1.64. The Morgan fingerprint density at radius 2 is 1.88 bits per heavy atom. The van der Waals surface area contributed by atoms with E-state index >= 15 is 0 Å². The lowest BCUT2D eigenvalue weighted by Gasteiger charge is -2.30. The topological polar surface area (TPSA) is 77.8 Å². The zero-order chi connectivity index (χ0) is 13.4. The summed E-state index contributed by atoms with van der Waals surface area (Å²) in [6, 6.07) is -0.277. The smallest absolute Gasteiger partial charge is 0.305 e. The Morgan fingerprint density at radius 3 is 2.24 bits per heavy atom. The maximum absolute atomic E-state index is 11.9. The highest BCUT2D eigenvalue weighted by Gasteiger charge is 2.22. The molecule has 0 aromatic heterocycles. The number of rotatable bonds is 8. The molecule has 17 heavy (non-hydrogen) atoms. The van der Waals surface area contributed by atoms with Gasteiger partial charge in [-0.3, -0.25) is 9.59 Å². The van der Waals surface area contributed by atoms with Gasteiger partial charge in [0.1, 0.15) is 0 Å². The number of aliphatic hydroxyl groups is 1. The minimum absolute atomic E-state index is 0.0813. The van der Waals surface area contributed by atoms with Gasteiger partial charge in [-0.25, -0.2) is 0 Å². The van der Waals surface area contributed by atoms with Crippen LogP contribution in [0.2, 0.25) is 0 Å². The van der Waals surface area contributed by atoms with Gasteiger partial charge in [0, 0.05) is 13.0 Å². The highest BCUT2D eigenvalue weighted by Crippen LogP contribution is 2.11. The van der Waals surface area contributed by atoms with Crippen LogP contribution in [-0.2, 0) is 9.59 Å². The Hall–Kier alpha value is -1.10. The van der Waals surface area contributed by atoms with E-state index in [9.17, 15) is 14.7 Å². The van der Waals surface area contributed by atoms with Gasteiger partial charge in [0.15, 0.2) is 0 Å². The van der Waals surface area contributed by atoms with Crippen molar-refractivity contribution in [3.05, 3.63) is 0 Å². The number of carboxylic acids is 1. The van der Waals surface area contributed by atoms with Crippen LogP contribution in [0.4, 0.5) is 0 Å². The largest absolute Gasteiger partial charge is 0.481 e. The van der Waals surface area contributed by atoms with E-state index in [1.165, 1.54) is 4.90 Å². The molecule has 0 aromatic rings. The molecule has 0 rings (SSSR count). The molecule has 0 spiro atoms. The number of carboxylic acid groups (broad SMARTS) is 1. The van der Waals surface area contributed by atoms with E-state index in [0.29, 0.717) is 12.8 Å². The zero-order valence-electron chi connectivity index (χ0n) is 10.8. The molecule has 5 heteroatoms. The molecular formula is C12H23NO4. The quantitative estimate of drug-likeness (QED) is 0.671. The number of hydrogen-bond donors (Lipinski definition) is 2. The van der Waals surface area contributed by atoms with Gasteiger partial charge in [-0.05, 0) is 12.3 Å². The maximum atomic E-state index is 11.9. The summed E-state index contributed by atoms with van der Waals surface area (Å²) >= 11 is 0. The van der Waals surface area contributed by atoms with E-state index in [-0.39, 0.29) is 37.4 Å². The lowest BCUT2D eigenvalue weighted by molar-refractivity contribution is -0.140. The Balaban J connectivity index is 4.58. The summed E-state index contributed by atoms with van der Waals surface area (Å²) in [5, 5.41) is 17.9. The first-order chi connectivity index (χ1) is 7.92. The van der Waals surface area contributed by atoms with Crippen molar-refractivity contribution >= 4 is 11.9 Å². The van der Waals surface area contributed by atoms with E-state index in [4.69, 9.17) is 5.11 Å². The monoisotopic (exact) mass is 245 g/mol. The molecule has 0 bridgehead atoms. The summed E-state index contributed by atoms with van der Waals surface area (Å²) in [6.45, 7) is 5.79. The van der Waals surface area contributed by atoms with Crippen molar-refractivity contribution in [1.29, 1.82) is 0 Å². The third-order valence-corrected chi connectivity index (χ3v) is 2.59. The van der Waals surface area contributed by atoms with Crippen molar-refractivity contribution < 1.29 is 19.8 Å². The van der Waals surface area contributed by atoms with E-state index in [0.717, 1.165) is 0 Å². The number of hydrogen-bond acceptors (Lipinski definition) is 3. The summed E-state index contributed by atoms with van der Waals surface area (Å²) in [5.74, 6) is -0.784. The predicted octanol–water partition coefficient (Wildman–Crippen LogP) is 1.11. The summed E-state index contributed by atoms with van der Waals surface area (Å²) < 4.78 is 0. The molecule has 1 unspecified atom stereocenters. The predicted molar refractivity (Wildman–Crippen MR) is 64.6 cm³/mol. The van der Waals surface area contributed by atoms with Gasteiger partial charge < -0.3 is 15.1 Å². The Labute approximate surface area is 102 Å². The van der Waals surface area contributed by atoms with Crippen LogP contribution in [0.5, 0.6) is 0 Å². The van der Waals surface area contributed by atoms with Crippen LogP contribution in [0.1, 0.15) is 40.0 Å². The Morgan fingerprint density at radius 1 is 1.29 bits per heavy atom. The number of nitrogens with zero attached hydrogens (tertiary/aromatic N) is 1. The summed E-state index contributed by atoms with van der Waals surface area (Å²) in [5.41, 5.74) is 0. The molecule has 5 nitrogen and oxygen atoms in total. The Kier molecular flexibility index (Phi) is 7.54. The minimum atomic E-state index is -0.930. The SMILES string of the molecule is CCC(CO)N(CCC(=O)O)C(=O)CC(C)C. The molecule has 0 radical (unpaired) electrons. The maximum Gasteiger partial charge on any atom is 0.305 e. The van der Waals surface area contributed by atoms with E-state index in [1.807, 2.05) is 20.8 Å². The Bertz CT molecular complexity index is 249. The number of aliphatic hydroxyl groups excluding tert-OH is 1. The first kappa shape index (κ1) is 15.9. The van der Waals surface area contributed by atoms with Gasteiger partial charge in [0.2, 0.25) is 5.91 Å². The van der Waals surface area contributed by atoms with E-state index in [1.54, 1.807) is 0 Å². The normalized spacial score (nSPS) is 12.5. The number of carbonyl (C=O) groups excluding carboxylic acids is 1. The van der Waals surface area contributed by atoms with Gasteiger partial charge in [0.25, 0.3) is 0 Å². The van der Waals surface area contributed by atoms with Crippen LogP contribution in [0.3, 0.4) is 0 Å². The van der Waals surface area contributed by atoms with Gasteiger partial charge in [-0.15, -0.1) is 0 Å². The zero-order valence-corrected chi connectivity index (χ0v) is 10.8. The molecule has 0 aliphatic rings. The average molecular weight is 245 g/mol. The molecule has 100 valence electrons. The second-order valence-electron chi connectivity index (χ2n) is 4.57. The molecule has 0 saturated carbocycles. The molecule has 2 N–H and O–H groups in total. The highest BCUT2D eigenvalue weighted by molar-refractivity contribution is 5.77. The molecule has 0 aliphatic carbocycles. The summed E-state index contributed by atoms with van der Waals surface area (Å²) in [7, 11) is 0. The number of carbonyl (C=O) groups is 2. The van der Waals surface area contributed by atoms with E-state index in [2.05, 4.69) is 0 Å². The minimum Gasteiger partial charge on any atom is -0.481 e. The van der Waals surface area contributed by atoms with Gasteiger partial charge in [0.05, 0.1) is 19.1 Å². The van der Waals surface area contributed by atoms with E-state index < -0.39 is 5.97 Å². The molecule has 0 heterocycles. The molecule has 1 amide bonds. The fraction of sp³-hybridized carbons (Fsp3) is 0.833. The van der Waals surface area contributed by atoms with Crippen molar-refractivity contribution in [2.75, 3.05) is 13.2 Å². The lowest BCUT2D eigenvalue weighted by Crippen LogP contribution is -2.43. The van der Waals surface area contributed by atoms with Crippen LogP contribution >= 0.6 is 0 Å². The molecular weight excluding hydrogens is 222 g/mol. The summed E-state index contributed by atoms with van der Waals surface area (Å²) in [6.07, 6.45) is 0.927.